The Labute approximate surface area is 189 Å². The lowest BCUT2D eigenvalue weighted by Crippen LogP contribution is -2.25. The van der Waals surface area contributed by atoms with Gasteiger partial charge in [-0.05, 0) is 67.2 Å². The van der Waals surface area contributed by atoms with E-state index in [1.54, 1.807) is 21.3 Å². The Kier molecular flexibility index (Phi) is 10.1. The van der Waals surface area contributed by atoms with Gasteiger partial charge in [-0.15, -0.1) is 0 Å². The molecule has 2 rings (SSSR count). The van der Waals surface area contributed by atoms with Crippen molar-refractivity contribution >= 4 is 23.2 Å². The molecule has 2 aromatic rings. The van der Waals surface area contributed by atoms with Gasteiger partial charge in [0.1, 0.15) is 5.75 Å². The predicted molar refractivity (Wildman–Crippen MR) is 126 cm³/mol. The number of hydrogen-bond donors (Lipinski definition) is 2. The van der Waals surface area contributed by atoms with Crippen molar-refractivity contribution in [3.8, 4) is 17.2 Å². The van der Waals surface area contributed by atoms with Crippen LogP contribution in [0.15, 0.2) is 36.4 Å². The number of aliphatic hydroxyl groups is 1. The van der Waals surface area contributed by atoms with Gasteiger partial charge >= 0.3 is 0 Å². The summed E-state index contributed by atoms with van der Waals surface area (Å²) in [6.45, 7) is 0.518. The highest BCUT2D eigenvalue weighted by Crippen LogP contribution is 2.34. The molecule has 0 aliphatic rings. The first-order valence-electron chi connectivity index (χ1n) is 10.3. The molecule has 0 radical (unpaired) electrons. The lowest BCUT2D eigenvalue weighted by Gasteiger charge is -2.17. The number of hydrogen-bond acceptors (Lipinski definition) is 5. The van der Waals surface area contributed by atoms with Crippen molar-refractivity contribution in [2.75, 3.05) is 27.9 Å². The minimum Gasteiger partial charge on any atom is -0.502 e. The van der Waals surface area contributed by atoms with Crippen molar-refractivity contribution in [1.29, 1.82) is 0 Å². The van der Waals surface area contributed by atoms with Gasteiger partial charge in [-0.2, -0.15) is 0 Å². The number of ether oxygens (including phenoxy) is 3. The molecule has 2 N–H and O–H groups in total. The third kappa shape index (κ3) is 7.75. The van der Waals surface area contributed by atoms with E-state index in [1.807, 2.05) is 30.3 Å². The van der Waals surface area contributed by atoms with E-state index in [1.165, 1.54) is 5.56 Å². The number of aryl methyl sites for hydroxylation is 1. The number of benzene rings is 2. The maximum absolute atomic E-state index is 12.0. The molecule has 0 aliphatic carbocycles. The molecular weight excluding hydrogens is 414 g/mol. The van der Waals surface area contributed by atoms with Crippen molar-refractivity contribution in [1.82, 2.24) is 5.32 Å². The minimum atomic E-state index is -0.0567. The van der Waals surface area contributed by atoms with Gasteiger partial charge in [-0.3, -0.25) is 4.79 Å². The van der Waals surface area contributed by atoms with Crippen molar-refractivity contribution < 1.29 is 24.1 Å². The number of amides is 1. The van der Waals surface area contributed by atoms with Gasteiger partial charge in [0.25, 0.3) is 0 Å². The average molecular weight is 446 g/mol. The molecule has 31 heavy (non-hydrogen) atoms. The van der Waals surface area contributed by atoms with Crippen LogP contribution in [-0.2, 0) is 24.1 Å². The molecule has 2 aromatic carbocycles. The fourth-order valence-corrected chi connectivity index (χ4v) is 3.61. The lowest BCUT2D eigenvalue weighted by molar-refractivity contribution is -0.121. The average Bonchev–Trinajstić information content (AvgIpc) is 2.77. The van der Waals surface area contributed by atoms with Crippen molar-refractivity contribution in [2.45, 2.75) is 38.5 Å². The van der Waals surface area contributed by atoms with Crippen LogP contribution in [0.5, 0.6) is 17.2 Å². The number of aliphatic hydroxyl groups excluding tert-OH is 1. The molecule has 0 atom stereocenters. The highest BCUT2D eigenvalue weighted by atomic mass is 32.1. The summed E-state index contributed by atoms with van der Waals surface area (Å²) in [4.78, 5) is 12.0. The van der Waals surface area contributed by atoms with Crippen LogP contribution in [0.1, 0.15) is 36.0 Å². The van der Waals surface area contributed by atoms with Crippen LogP contribution in [-0.4, -0.2) is 43.9 Å². The van der Waals surface area contributed by atoms with Crippen LogP contribution in [0, 0.1) is 0 Å². The van der Waals surface area contributed by atoms with Crippen LogP contribution < -0.4 is 19.5 Å². The van der Waals surface area contributed by atoms with Crippen LogP contribution in [0.25, 0.3) is 0 Å². The van der Waals surface area contributed by atoms with E-state index in [-0.39, 0.29) is 11.0 Å². The van der Waals surface area contributed by atoms with E-state index in [9.17, 15) is 4.79 Å². The van der Waals surface area contributed by atoms with Crippen LogP contribution in [0.4, 0.5) is 0 Å². The Morgan fingerprint density at radius 3 is 2.48 bits per heavy atom. The first-order valence-corrected chi connectivity index (χ1v) is 10.7. The fraction of sp³-hybridized carbons (Fsp3) is 0.417. The van der Waals surface area contributed by atoms with Gasteiger partial charge in [0, 0.05) is 24.9 Å². The zero-order chi connectivity index (χ0) is 22.6. The molecular formula is C24H31NO5S. The van der Waals surface area contributed by atoms with E-state index >= 15 is 0 Å². The second-order valence-corrected chi connectivity index (χ2v) is 7.61. The van der Waals surface area contributed by atoms with Gasteiger partial charge in [0.2, 0.25) is 5.91 Å². The number of thiocarbonyl (C=S) groups is 1. The molecule has 0 bridgehead atoms. The number of methoxy groups -OCH3 is 3. The maximum atomic E-state index is 12.0. The Balaban J connectivity index is 2.07. The highest BCUT2D eigenvalue weighted by molar-refractivity contribution is 7.80. The molecule has 0 unspecified atom stereocenters. The molecule has 0 spiro atoms. The largest absolute Gasteiger partial charge is 0.502 e. The fourth-order valence-electron chi connectivity index (χ4n) is 3.46. The van der Waals surface area contributed by atoms with E-state index in [0.717, 1.165) is 35.5 Å². The molecule has 7 heteroatoms. The number of rotatable bonds is 13. The van der Waals surface area contributed by atoms with Crippen molar-refractivity contribution in [3.05, 3.63) is 53.1 Å². The molecule has 0 saturated carbocycles. The second-order valence-electron chi connectivity index (χ2n) is 7.14. The minimum absolute atomic E-state index is 0.0466. The summed E-state index contributed by atoms with van der Waals surface area (Å²) in [7, 11) is 4.93. The van der Waals surface area contributed by atoms with Gasteiger partial charge < -0.3 is 24.6 Å². The predicted octanol–water partition coefficient (Wildman–Crippen LogP) is 4.21. The number of nitrogens with one attached hydrogen (secondary N) is 1. The van der Waals surface area contributed by atoms with Crippen molar-refractivity contribution in [2.24, 2.45) is 0 Å². The number of carbonyl (C=O) groups excluding carboxylic acids is 1. The van der Waals surface area contributed by atoms with E-state index in [2.05, 4.69) is 23.6 Å². The third-order valence-corrected chi connectivity index (χ3v) is 5.26. The van der Waals surface area contributed by atoms with E-state index in [4.69, 9.17) is 19.3 Å². The monoisotopic (exact) mass is 445 g/mol. The summed E-state index contributed by atoms with van der Waals surface area (Å²) in [5, 5.41) is 11.9. The summed E-state index contributed by atoms with van der Waals surface area (Å²) in [6.07, 6.45) is 3.52. The molecule has 0 fully saturated rings. The summed E-state index contributed by atoms with van der Waals surface area (Å²) >= 11 is 4.63. The first-order chi connectivity index (χ1) is 15.0. The Hall–Kier alpha value is -2.80. The molecule has 168 valence electrons. The summed E-state index contributed by atoms with van der Waals surface area (Å²) < 4.78 is 16.5. The first kappa shape index (κ1) is 24.5. The topological polar surface area (TPSA) is 77.0 Å². The summed E-state index contributed by atoms with van der Waals surface area (Å²) in [5.41, 5.74) is 3.35. The van der Waals surface area contributed by atoms with E-state index in [0.29, 0.717) is 38.0 Å². The van der Waals surface area contributed by atoms with Gasteiger partial charge in [0.15, 0.2) is 16.5 Å². The zero-order valence-corrected chi connectivity index (χ0v) is 19.2. The zero-order valence-electron chi connectivity index (χ0n) is 18.4. The summed E-state index contributed by atoms with van der Waals surface area (Å²) in [6, 6.07) is 11.9. The van der Waals surface area contributed by atoms with Crippen LogP contribution in [0.3, 0.4) is 0 Å². The molecule has 0 saturated heterocycles. The van der Waals surface area contributed by atoms with Gasteiger partial charge in [-0.25, -0.2) is 0 Å². The lowest BCUT2D eigenvalue weighted by atomic mass is 9.96. The van der Waals surface area contributed by atoms with Gasteiger partial charge in [0.05, 0.1) is 21.3 Å². The molecule has 0 aliphatic heterocycles. The van der Waals surface area contributed by atoms with Crippen molar-refractivity contribution in [3.63, 3.8) is 0 Å². The smallest absolute Gasteiger partial charge is 0.220 e. The second kappa shape index (κ2) is 12.8. The Bertz CT molecular complexity index is 884. The van der Waals surface area contributed by atoms with Crippen LogP contribution >= 0.6 is 12.2 Å². The molecule has 1 amide bonds. The SMILES string of the molecule is COc1cccc(CCc2c(CCNC(=O)CCCC(O)=S)ccc(OC)c2OC)c1. The number of carbonyl (C=O) groups is 1. The quantitative estimate of drug-likeness (QED) is 0.450. The normalized spacial score (nSPS) is 10.4. The summed E-state index contributed by atoms with van der Waals surface area (Å²) in [5.74, 6) is 2.20. The highest BCUT2D eigenvalue weighted by Gasteiger charge is 2.15. The Morgan fingerprint density at radius 2 is 1.81 bits per heavy atom. The third-order valence-electron chi connectivity index (χ3n) is 5.05. The molecule has 0 heterocycles. The molecule has 6 nitrogen and oxygen atoms in total. The standard InChI is InChI=1S/C24H31NO5S/c1-28-19-7-4-6-17(16-19)10-12-20-18(11-13-21(29-2)24(20)30-3)14-15-25-22(26)8-5-9-23(27)31/h4,6-7,11,13,16H,5,8-10,12,14-15H2,1-3H3,(H,25,26)(H,27,31). The van der Waals surface area contributed by atoms with Crippen LogP contribution in [0.2, 0.25) is 0 Å². The Morgan fingerprint density at radius 1 is 1.00 bits per heavy atom. The van der Waals surface area contributed by atoms with Gasteiger partial charge in [-0.1, -0.05) is 18.2 Å². The van der Waals surface area contributed by atoms with E-state index < -0.39 is 0 Å². The maximum Gasteiger partial charge on any atom is 0.220 e. The molecule has 0 aromatic heterocycles.